The number of aliphatic hydroxyl groups excluding tert-OH is 1. The van der Waals surface area contributed by atoms with Gasteiger partial charge in [-0.25, -0.2) is 9.67 Å². The SMILES string of the molecule is O=[N+]([O-])c1ccc(-c2ncn(CC(O)COc3cc(Cl)ccc3Cl)n2)cc1. The van der Waals surface area contributed by atoms with E-state index < -0.39 is 11.0 Å². The Balaban J connectivity index is 1.59. The average molecular weight is 409 g/mol. The van der Waals surface area contributed by atoms with Crippen LogP contribution >= 0.6 is 23.2 Å². The van der Waals surface area contributed by atoms with Crippen LogP contribution in [-0.2, 0) is 6.54 Å². The second-order valence-corrected chi connectivity index (χ2v) is 6.48. The summed E-state index contributed by atoms with van der Waals surface area (Å²) in [5, 5.41) is 26.0. The number of aliphatic hydroxyl groups is 1. The zero-order valence-electron chi connectivity index (χ0n) is 13.8. The number of hydrogen-bond donors (Lipinski definition) is 1. The Bertz CT molecular complexity index is 946. The van der Waals surface area contributed by atoms with Crippen molar-refractivity contribution < 1.29 is 14.8 Å². The molecule has 0 radical (unpaired) electrons. The van der Waals surface area contributed by atoms with Gasteiger partial charge in [-0.05, 0) is 24.3 Å². The minimum Gasteiger partial charge on any atom is -0.489 e. The number of halogens is 2. The lowest BCUT2D eigenvalue weighted by molar-refractivity contribution is -0.384. The molecule has 1 aromatic heterocycles. The Morgan fingerprint density at radius 1 is 1.22 bits per heavy atom. The summed E-state index contributed by atoms with van der Waals surface area (Å²) in [6, 6.07) is 10.7. The first-order valence-electron chi connectivity index (χ1n) is 7.82. The van der Waals surface area contributed by atoms with Crippen LogP contribution in [0.25, 0.3) is 11.4 Å². The molecule has 0 aliphatic rings. The minimum atomic E-state index is -0.855. The van der Waals surface area contributed by atoms with E-state index >= 15 is 0 Å². The van der Waals surface area contributed by atoms with E-state index in [1.807, 2.05) is 0 Å². The zero-order chi connectivity index (χ0) is 19.4. The number of aromatic nitrogens is 3. The first-order valence-corrected chi connectivity index (χ1v) is 8.58. The highest BCUT2D eigenvalue weighted by Gasteiger charge is 2.12. The molecular formula is C17H14Cl2N4O4. The van der Waals surface area contributed by atoms with Gasteiger partial charge in [-0.2, -0.15) is 5.10 Å². The monoisotopic (exact) mass is 408 g/mol. The van der Waals surface area contributed by atoms with Gasteiger partial charge in [0, 0.05) is 28.8 Å². The Morgan fingerprint density at radius 3 is 2.67 bits per heavy atom. The number of rotatable bonds is 7. The van der Waals surface area contributed by atoms with Crippen LogP contribution < -0.4 is 4.74 Å². The molecule has 0 saturated carbocycles. The van der Waals surface area contributed by atoms with E-state index in [1.165, 1.54) is 23.1 Å². The van der Waals surface area contributed by atoms with Gasteiger partial charge < -0.3 is 9.84 Å². The fourth-order valence-corrected chi connectivity index (χ4v) is 2.62. The van der Waals surface area contributed by atoms with E-state index in [1.54, 1.807) is 30.3 Å². The first-order chi connectivity index (χ1) is 12.9. The molecule has 0 spiro atoms. The van der Waals surface area contributed by atoms with Crippen molar-refractivity contribution in [1.82, 2.24) is 14.8 Å². The molecule has 1 heterocycles. The maximum atomic E-state index is 10.7. The molecule has 1 atom stereocenters. The Labute approximate surface area is 164 Å². The van der Waals surface area contributed by atoms with Crippen molar-refractivity contribution in [3.63, 3.8) is 0 Å². The maximum Gasteiger partial charge on any atom is 0.269 e. The predicted octanol–water partition coefficient (Wildman–Crippen LogP) is 3.60. The lowest BCUT2D eigenvalue weighted by atomic mass is 10.2. The number of nitrogens with zero attached hydrogens (tertiary/aromatic N) is 4. The first kappa shape index (κ1) is 19.1. The highest BCUT2D eigenvalue weighted by atomic mass is 35.5. The molecule has 0 aliphatic carbocycles. The molecule has 3 aromatic rings. The van der Waals surface area contributed by atoms with Gasteiger partial charge in [0.25, 0.3) is 5.69 Å². The summed E-state index contributed by atoms with van der Waals surface area (Å²) >= 11 is 11.9. The predicted molar refractivity (Wildman–Crippen MR) is 100 cm³/mol. The van der Waals surface area contributed by atoms with Gasteiger partial charge in [-0.3, -0.25) is 10.1 Å². The standard InChI is InChI=1S/C17H14Cl2N4O4/c18-12-3-6-15(19)16(7-12)27-9-14(24)8-22-10-20-17(21-22)11-1-4-13(5-2-11)23(25)26/h1-7,10,14,24H,8-9H2. The van der Waals surface area contributed by atoms with Gasteiger partial charge in [0.2, 0.25) is 0 Å². The van der Waals surface area contributed by atoms with Gasteiger partial charge in [0.05, 0.1) is 16.5 Å². The fraction of sp³-hybridized carbons (Fsp3) is 0.176. The molecule has 0 fully saturated rings. The molecule has 3 rings (SSSR count). The molecule has 0 amide bonds. The summed E-state index contributed by atoms with van der Waals surface area (Å²) in [6.45, 7) is 0.144. The molecule has 0 saturated heterocycles. The van der Waals surface area contributed by atoms with Crippen LogP contribution in [0.1, 0.15) is 0 Å². The van der Waals surface area contributed by atoms with Crippen LogP contribution in [0, 0.1) is 10.1 Å². The summed E-state index contributed by atoms with van der Waals surface area (Å²) < 4.78 is 6.95. The lowest BCUT2D eigenvalue weighted by Gasteiger charge is -2.13. The fourth-order valence-electron chi connectivity index (χ4n) is 2.29. The molecule has 140 valence electrons. The number of ether oxygens (including phenoxy) is 1. The van der Waals surface area contributed by atoms with Crippen molar-refractivity contribution in [1.29, 1.82) is 0 Å². The number of benzene rings is 2. The van der Waals surface area contributed by atoms with Gasteiger partial charge in [0.15, 0.2) is 5.82 Å². The smallest absolute Gasteiger partial charge is 0.269 e. The van der Waals surface area contributed by atoms with Gasteiger partial charge in [-0.1, -0.05) is 23.2 Å². The van der Waals surface area contributed by atoms with Gasteiger partial charge in [0.1, 0.15) is 24.8 Å². The second-order valence-electron chi connectivity index (χ2n) is 5.63. The van der Waals surface area contributed by atoms with E-state index in [2.05, 4.69) is 10.1 Å². The van der Waals surface area contributed by atoms with Crippen molar-refractivity contribution in [2.24, 2.45) is 0 Å². The van der Waals surface area contributed by atoms with Crippen molar-refractivity contribution in [2.45, 2.75) is 12.6 Å². The summed E-state index contributed by atoms with van der Waals surface area (Å²) in [5.74, 6) is 0.782. The van der Waals surface area contributed by atoms with Crippen molar-refractivity contribution >= 4 is 28.9 Å². The van der Waals surface area contributed by atoms with E-state index in [4.69, 9.17) is 27.9 Å². The van der Waals surface area contributed by atoms with Crippen LogP contribution in [0.4, 0.5) is 5.69 Å². The largest absolute Gasteiger partial charge is 0.489 e. The van der Waals surface area contributed by atoms with Crippen LogP contribution in [-0.4, -0.2) is 37.5 Å². The number of nitro benzene ring substituents is 1. The van der Waals surface area contributed by atoms with Crippen LogP contribution in [0.2, 0.25) is 10.0 Å². The van der Waals surface area contributed by atoms with Crippen LogP contribution in [0.15, 0.2) is 48.8 Å². The molecule has 0 bridgehead atoms. The van der Waals surface area contributed by atoms with Gasteiger partial charge in [-0.15, -0.1) is 0 Å². The molecule has 27 heavy (non-hydrogen) atoms. The normalized spacial score (nSPS) is 12.0. The maximum absolute atomic E-state index is 10.7. The topological polar surface area (TPSA) is 103 Å². The third-order valence-electron chi connectivity index (χ3n) is 3.60. The van der Waals surface area contributed by atoms with E-state index in [0.717, 1.165) is 0 Å². The van der Waals surface area contributed by atoms with E-state index in [0.29, 0.717) is 27.2 Å². The molecule has 8 nitrogen and oxygen atoms in total. The van der Waals surface area contributed by atoms with Crippen LogP contribution in [0.5, 0.6) is 5.75 Å². The average Bonchev–Trinajstić information content (AvgIpc) is 3.11. The van der Waals surface area contributed by atoms with E-state index in [9.17, 15) is 15.2 Å². The summed E-state index contributed by atoms with van der Waals surface area (Å²) in [7, 11) is 0. The number of nitro groups is 1. The molecule has 1 unspecified atom stereocenters. The summed E-state index contributed by atoms with van der Waals surface area (Å²) in [4.78, 5) is 14.4. The number of non-ortho nitro benzene ring substituents is 1. The Kier molecular flexibility index (Phi) is 5.90. The highest BCUT2D eigenvalue weighted by molar-refractivity contribution is 6.34. The molecular weight excluding hydrogens is 395 g/mol. The van der Waals surface area contributed by atoms with Crippen molar-refractivity contribution in [3.8, 4) is 17.1 Å². The molecule has 0 aliphatic heterocycles. The molecule has 1 N–H and O–H groups in total. The van der Waals surface area contributed by atoms with Crippen LogP contribution in [0.3, 0.4) is 0 Å². The second kappa shape index (κ2) is 8.34. The van der Waals surface area contributed by atoms with Gasteiger partial charge >= 0.3 is 0 Å². The Hall–Kier alpha value is -2.68. The third kappa shape index (κ3) is 4.94. The summed E-state index contributed by atoms with van der Waals surface area (Å²) in [5.41, 5.74) is 0.626. The quantitative estimate of drug-likeness (QED) is 0.473. The lowest BCUT2D eigenvalue weighted by Crippen LogP contribution is -2.24. The molecule has 2 aromatic carbocycles. The molecule has 10 heteroatoms. The van der Waals surface area contributed by atoms with E-state index in [-0.39, 0.29) is 18.8 Å². The van der Waals surface area contributed by atoms with Crippen molar-refractivity contribution in [3.05, 3.63) is 69.0 Å². The third-order valence-corrected chi connectivity index (χ3v) is 4.14. The Morgan fingerprint density at radius 2 is 1.96 bits per heavy atom. The summed E-state index contributed by atoms with van der Waals surface area (Å²) in [6.07, 6.45) is 0.609. The highest BCUT2D eigenvalue weighted by Crippen LogP contribution is 2.27. The number of hydrogen-bond acceptors (Lipinski definition) is 6. The van der Waals surface area contributed by atoms with Crippen molar-refractivity contribution in [2.75, 3.05) is 6.61 Å². The minimum absolute atomic E-state index is 0.00716. The zero-order valence-corrected chi connectivity index (χ0v) is 15.3.